The molecule has 2 fully saturated rings. The van der Waals surface area contributed by atoms with E-state index < -0.39 is 5.41 Å². The van der Waals surface area contributed by atoms with Gasteiger partial charge in [0.25, 0.3) is 0 Å². The number of hydrogen-bond donors (Lipinski definition) is 1. The minimum Gasteiger partial charge on any atom is -0.298 e. The van der Waals surface area contributed by atoms with Gasteiger partial charge in [0.15, 0.2) is 0 Å². The molecule has 5 nitrogen and oxygen atoms in total. The Balaban J connectivity index is 2.02. The molecule has 2 heterocycles. The van der Waals surface area contributed by atoms with Gasteiger partial charge in [-0.25, -0.2) is 0 Å². The number of carbonyl (C=O) groups is 2. The fraction of sp³-hybridized carbons (Fsp3) is 0.682. The second kappa shape index (κ2) is 8.09. The Kier molecular flexibility index (Phi) is 5.99. The molecular formula is C22H33N3O2. The third kappa shape index (κ3) is 3.66. The highest BCUT2D eigenvalue weighted by atomic mass is 16.2. The minimum atomic E-state index is -0.720. The molecule has 3 rings (SSSR count). The van der Waals surface area contributed by atoms with Gasteiger partial charge in [-0.1, -0.05) is 18.9 Å². The van der Waals surface area contributed by atoms with Crippen molar-refractivity contribution in [3.8, 4) is 0 Å². The lowest BCUT2D eigenvalue weighted by atomic mass is 9.58. The van der Waals surface area contributed by atoms with Crippen molar-refractivity contribution in [1.29, 1.82) is 0 Å². The molecule has 2 amide bonds. The van der Waals surface area contributed by atoms with Crippen LogP contribution in [0.4, 0.5) is 0 Å². The van der Waals surface area contributed by atoms with E-state index in [1.807, 2.05) is 18.2 Å². The van der Waals surface area contributed by atoms with E-state index >= 15 is 0 Å². The second-order valence-corrected chi connectivity index (χ2v) is 8.68. The van der Waals surface area contributed by atoms with Gasteiger partial charge in [0.2, 0.25) is 11.8 Å². The van der Waals surface area contributed by atoms with E-state index in [0.29, 0.717) is 18.5 Å². The Labute approximate surface area is 162 Å². The predicted molar refractivity (Wildman–Crippen MR) is 106 cm³/mol. The highest BCUT2D eigenvalue weighted by Gasteiger charge is 2.56. The van der Waals surface area contributed by atoms with Crippen LogP contribution in [0, 0.1) is 11.8 Å². The molecule has 2 aliphatic rings. The number of imide groups is 1. The summed E-state index contributed by atoms with van der Waals surface area (Å²) in [6, 6.07) is 6.61. The van der Waals surface area contributed by atoms with Gasteiger partial charge in [0, 0.05) is 30.7 Å². The smallest absolute Gasteiger partial charge is 0.239 e. The van der Waals surface area contributed by atoms with Gasteiger partial charge < -0.3 is 0 Å². The molecular weight excluding hydrogens is 338 g/mol. The molecule has 1 N–H and O–H groups in total. The number of nitrogens with zero attached hydrogens (tertiary/aromatic N) is 2. The summed E-state index contributed by atoms with van der Waals surface area (Å²) in [5, 5.41) is 2.71. The number of piperidine rings is 1. The van der Waals surface area contributed by atoms with Crippen molar-refractivity contribution in [2.45, 2.75) is 77.3 Å². The van der Waals surface area contributed by atoms with E-state index in [1.165, 1.54) is 0 Å². The summed E-state index contributed by atoms with van der Waals surface area (Å²) < 4.78 is 0. The number of fused-ring (bicyclic) bond motifs is 1. The number of hydrogen-bond acceptors (Lipinski definition) is 4. The third-order valence-electron chi connectivity index (χ3n) is 6.59. The molecule has 3 atom stereocenters. The first-order chi connectivity index (χ1) is 12.9. The quantitative estimate of drug-likeness (QED) is 0.780. The fourth-order valence-electron chi connectivity index (χ4n) is 5.30. The molecule has 27 heavy (non-hydrogen) atoms. The second-order valence-electron chi connectivity index (χ2n) is 8.68. The zero-order valence-corrected chi connectivity index (χ0v) is 17.1. The Morgan fingerprint density at radius 2 is 1.85 bits per heavy atom. The molecule has 0 spiro atoms. The summed E-state index contributed by atoms with van der Waals surface area (Å²) in [5.41, 5.74) is 0.0989. The molecule has 1 aliphatic carbocycles. The van der Waals surface area contributed by atoms with Crippen LogP contribution in [0.2, 0.25) is 0 Å². The monoisotopic (exact) mass is 371 g/mol. The van der Waals surface area contributed by atoms with Crippen LogP contribution in [-0.2, 0) is 15.0 Å². The topological polar surface area (TPSA) is 62.3 Å². The van der Waals surface area contributed by atoms with Crippen molar-refractivity contribution in [2.75, 3.05) is 6.54 Å². The molecule has 5 heteroatoms. The number of amides is 2. The lowest BCUT2D eigenvalue weighted by Crippen LogP contribution is -2.63. The summed E-state index contributed by atoms with van der Waals surface area (Å²) in [4.78, 5) is 32.9. The largest absolute Gasteiger partial charge is 0.298 e. The standard InChI is InChI=1S/C22H33N3O2/c1-15(2)25(16(3)4)14-12-22(19-11-7-8-13-23-19)18-10-6-5-9-17(18)20(26)24-21(22)27/h7-8,11,13,15-18H,5-6,9-10,12,14H2,1-4H3,(H,24,26,27). The molecule has 1 saturated heterocycles. The van der Waals surface area contributed by atoms with Crippen molar-refractivity contribution in [3.05, 3.63) is 30.1 Å². The number of rotatable bonds is 6. The Morgan fingerprint density at radius 3 is 2.48 bits per heavy atom. The number of carbonyl (C=O) groups excluding carboxylic acids is 2. The average molecular weight is 372 g/mol. The van der Waals surface area contributed by atoms with Gasteiger partial charge >= 0.3 is 0 Å². The van der Waals surface area contributed by atoms with Gasteiger partial charge in [-0.2, -0.15) is 0 Å². The van der Waals surface area contributed by atoms with Gasteiger partial charge in [-0.15, -0.1) is 0 Å². The molecule has 0 aromatic carbocycles. The summed E-state index contributed by atoms with van der Waals surface area (Å²) in [5.74, 6) is -0.267. The summed E-state index contributed by atoms with van der Waals surface area (Å²) >= 11 is 0. The van der Waals surface area contributed by atoms with Crippen molar-refractivity contribution in [3.63, 3.8) is 0 Å². The van der Waals surface area contributed by atoms with Crippen LogP contribution in [0.25, 0.3) is 0 Å². The molecule has 1 saturated carbocycles. The van der Waals surface area contributed by atoms with Crippen LogP contribution in [-0.4, -0.2) is 40.3 Å². The van der Waals surface area contributed by atoms with Crippen molar-refractivity contribution < 1.29 is 9.59 Å². The van der Waals surface area contributed by atoms with Crippen LogP contribution in [0.15, 0.2) is 24.4 Å². The van der Waals surface area contributed by atoms with Crippen molar-refractivity contribution >= 4 is 11.8 Å². The zero-order valence-electron chi connectivity index (χ0n) is 17.1. The maximum Gasteiger partial charge on any atom is 0.239 e. The van der Waals surface area contributed by atoms with Crippen LogP contribution in [0.3, 0.4) is 0 Å². The first-order valence-electron chi connectivity index (χ1n) is 10.4. The number of pyridine rings is 1. The van der Waals surface area contributed by atoms with E-state index in [-0.39, 0.29) is 23.7 Å². The summed E-state index contributed by atoms with van der Waals surface area (Å²) in [7, 11) is 0. The lowest BCUT2D eigenvalue weighted by molar-refractivity contribution is -0.148. The van der Waals surface area contributed by atoms with Crippen LogP contribution < -0.4 is 5.32 Å². The van der Waals surface area contributed by atoms with E-state index in [2.05, 4.69) is 42.9 Å². The first kappa shape index (κ1) is 20.0. The van der Waals surface area contributed by atoms with Gasteiger partial charge in [0.05, 0.1) is 11.1 Å². The maximum atomic E-state index is 13.3. The van der Waals surface area contributed by atoms with Gasteiger partial charge in [-0.3, -0.25) is 24.8 Å². The van der Waals surface area contributed by atoms with E-state index in [9.17, 15) is 9.59 Å². The SMILES string of the molecule is CC(C)N(CCC1(c2ccccn2)C(=O)NC(=O)C2CCCCC21)C(C)C. The maximum absolute atomic E-state index is 13.3. The first-order valence-corrected chi connectivity index (χ1v) is 10.4. The predicted octanol–water partition coefficient (Wildman–Crippen LogP) is 3.29. The minimum absolute atomic E-state index is 0.0450. The molecule has 1 aromatic rings. The lowest BCUT2D eigenvalue weighted by Gasteiger charge is -2.48. The van der Waals surface area contributed by atoms with Gasteiger partial charge in [-0.05, 0) is 65.0 Å². The summed E-state index contributed by atoms with van der Waals surface area (Å²) in [6.45, 7) is 9.60. The average Bonchev–Trinajstić information content (AvgIpc) is 2.64. The molecule has 0 radical (unpaired) electrons. The van der Waals surface area contributed by atoms with Crippen LogP contribution in [0.1, 0.15) is 65.5 Å². The molecule has 1 aliphatic heterocycles. The highest BCUT2D eigenvalue weighted by molar-refractivity contribution is 6.04. The molecule has 0 bridgehead atoms. The molecule has 1 aromatic heterocycles. The number of aromatic nitrogens is 1. The Bertz CT molecular complexity index is 665. The molecule has 3 unspecified atom stereocenters. The fourth-order valence-corrected chi connectivity index (χ4v) is 5.30. The number of nitrogens with one attached hydrogen (secondary N) is 1. The third-order valence-corrected chi connectivity index (χ3v) is 6.59. The van der Waals surface area contributed by atoms with Crippen LogP contribution >= 0.6 is 0 Å². The Morgan fingerprint density at radius 1 is 1.15 bits per heavy atom. The van der Waals surface area contributed by atoms with E-state index in [1.54, 1.807) is 6.20 Å². The Hall–Kier alpha value is -1.75. The molecule has 148 valence electrons. The van der Waals surface area contributed by atoms with Crippen molar-refractivity contribution in [2.24, 2.45) is 11.8 Å². The zero-order chi connectivity index (χ0) is 19.6. The van der Waals surface area contributed by atoms with Gasteiger partial charge in [0.1, 0.15) is 0 Å². The van der Waals surface area contributed by atoms with Crippen LogP contribution in [0.5, 0.6) is 0 Å². The van der Waals surface area contributed by atoms with E-state index in [4.69, 9.17) is 0 Å². The highest BCUT2D eigenvalue weighted by Crippen LogP contribution is 2.48. The normalized spacial score (nSPS) is 28.6. The van der Waals surface area contributed by atoms with E-state index in [0.717, 1.165) is 37.9 Å². The van der Waals surface area contributed by atoms with Crippen molar-refractivity contribution in [1.82, 2.24) is 15.2 Å². The summed E-state index contributed by atoms with van der Waals surface area (Å²) in [6.07, 6.45) is 6.39.